The highest BCUT2D eigenvalue weighted by atomic mass is 35.5. The predicted octanol–water partition coefficient (Wildman–Crippen LogP) is 5.43. The molecule has 1 aromatic rings. The monoisotopic (exact) mass is 374 g/mol. The van der Waals surface area contributed by atoms with Crippen molar-refractivity contribution in [2.45, 2.75) is 46.0 Å². The SMILES string of the molecule is CCCCN(CCCC)CCCNC/C=C/c1ccccc1.Cl.Cl. The molecule has 0 aliphatic carbocycles. The Labute approximate surface area is 161 Å². The first-order valence-electron chi connectivity index (χ1n) is 9.01. The predicted molar refractivity (Wildman–Crippen MR) is 114 cm³/mol. The minimum absolute atomic E-state index is 0. The highest BCUT2D eigenvalue weighted by Crippen LogP contribution is 2.01. The van der Waals surface area contributed by atoms with Crippen LogP contribution in [-0.4, -0.2) is 37.6 Å². The number of nitrogens with one attached hydrogen (secondary N) is 1. The summed E-state index contributed by atoms with van der Waals surface area (Å²) < 4.78 is 0. The minimum Gasteiger partial charge on any atom is -0.313 e. The van der Waals surface area contributed by atoms with E-state index in [0.29, 0.717) is 0 Å². The molecule has 0 unspecified atom stereocenters. The van der Waals surface area contributed by atoms with Gasteiger partial charge in [0.25, 0.3) is 0 Å². The van der Waals surface area contributed by atoms with Crippen molar-refractivity contribution in [3.8, 4) is 0 Å². The molecule has 0 aromatic heterocycles. The minimum atomic E-state index is 0. The number of nitrogens with zero attached hydrogens (tertiary/aromatic N) is 1. The molecular weight excluding hydrogens is 339 g/mol. The summed E-state index contributed by atoms with van der Waals surface area (Å²) >= 11 is 0. The van der Waals surface area contributed by atoms with Gasteiger partial charge in [0.2, 0.25) is 0 Å². The van der Waals surface area contributed by atoms with E-state index >= 15 is 0 Å². The second kappa shape index (κ2) is 18.8. The molecule has 2 nitrogen and oxygen atoms in total. The smallest absolute Gasteiger partial charge is 0.0138 e. The highest BCUT2D eigenvalue weighted by Gasteiger charge is 2.02. The van der Waals surface area contributed by atoms with E-state index in [9.17, 15) is 0 Å². The summed E-state index contributed by atoms with van der Waals surface area (Å²) in [5.41, 5.74) is 1.27. The van der Waals surface area contributed by atoms with Crippen LogP contribution >= 0.6 is 24.8 Å². The molecule has 0 heterocycles. The first-order chi connectivity index (χ1) is 10.9. The fraction of sp³-hybridized carbons (Fsp3) is 0.600. The van der Waals surface area contributed by atoms with Crippen LogP contribution in [0.15, 0.2) is 36.4 Å². The van der Waals surface area contributed by atoms with Gasteiger partial charge in [-0.25, -0.2) is 0 Å². The maximum Gasteiger partial charge on any atom is 0.0138 e. The van der Waals surface area contributed by atoms with Crippen LogP contribution in [0.1, 0.15) is 51.5 Å². The van der Waals surface area contributed by atoms with E-state index in [2.05, 4.69) is 66.5 Å². The average Bonchev–Trinajstić information content (AvgIpc) is 2.56. The third-order valence-electron chi connectivity index (χ3n) is 3.86. The summed E-state index contributed by atoms with van der Waals surface area (Å²) in [7, 11) is 0. The van der Waals surface area contributed by atoms with Gasteiger partial charge >= 0.3 is 0 Å². The Bertz CT molecular complexity index is 374. The summed E-state index contributed by atoms with van der Waals surface area (Å²) in [6.45, 7) is 10.4. The fourth-order valence-electron chi connectivity index (χ4n) is 2.47. The molecule has 1 aromatic carbocycles. The topological polar surface area (TPSA) is 15.3 Å². The number of rotatable bonds is 13. The van der Waals surface area contributed by atoms with Gasteiger partial charge in [-0.3, -0.25) is 0 Å². The van der Waals surface area contributed by atoms with E-state index in [-0.39, 0.29) is 24.8 Å². The lowest BCUT2D eigenvalue weighted by molar-refractivity contribution is 0.261. The van der Waals surface area contributed by atoms with Crippen LogP contribution in [0, 0.1) is 0 Å². The third kappa shape index (κ3) is 13.9. The first-order valence-corrected chi connectivity index (χ1v) is 9.01. The van der Waals surface area contributed by atoms with Crippen molar-refractivity contribution in [1.82, 2.24) is 10.2 Å². The lowest BCUT2D eigenvalue weighted by atomic mass is 10.2. The van der Waals surface area contributed by atoms with E-state index in [4.69, 9.17) is 0 Å². The van der Waals surface area contributed by atoms with Crippen molar-refractivity contribution in [2.24, 2.45) is 0 Å². The van der Waals surface area contributed by atoms with Crippen molar-refractivity contribution in [3.63, 3.8) is 0 Å². The molecule has 0 fully saturated rings. The molecule has 1 N–H and O–H groups in total. The normalized spacial score (nSPS) is 10.6. The average molecular weight is 375 g/mol. The Morgan fingerprint density at radius 2 is 1.46 bits per heavy atom. The van der Waals surface area contributed by atoms with Gasteiger partial charge in [-0.15, -0.1) is 24.8 Å². The first kappa shape index (κ1) is 25.7. The standard InChI is InChI=1S/C20H34N2.2ClH/c1-3-5-17-22(18-6-4-2)19-11-16-21-15-10-14-20-12-8-7-9-13-20;;/h7-10,12-14,21H,3-6,11,15-19H2,1-2H3;2*1H/b14-10+;;. The van der Waals surface area contributed by atoms with Gasteiger partial charge < -0.3 is 10.2 Å². The van der Waals surface area contributed by atoms with Gasteiger partial charge in [0.15, 0.2) is 0 Å². The van der Waals surface area contributed by atoms with Gasteiger partial charge in [-0.1, -0.05) is 69.2 Å². The summed E-state index contributed by atoms with van der Waals surface area (Å²) in [5.74, 6) is 0. The molecule has 0 saturated heterocycles. The molecular formula is C20H36Cl2N2. The second-order valence-electron chi connectivity index (χ2n) is 5.92. The van der Waals surface area contributed by atoms with E-state index in [1.54, 1.807) is 0 Å². The quantitative estimate of drug-likeness (QED) is 0.463. The molecule has 0 amide bonds. The maximum atomic E-state index is 3.51. The third-order valence-corrected chi connectivity index (χ3v) is 3.86. The Balaban J connectivity index is 0. The van der Waals surface area contributed by atoms with Gasteiger partial charge in [0.05, 0.1) is 0 Å². The molecule has 24 heavy (non-hydrogen) atoms. The zero-order valence-corrected chi connectivity index (χ0v) is 17.0. The van der Waals surface area contributed by atoms with Crippen molar-refractivity contribution >= 4 is 30.9 Å². The number of hydrogen-bond donors (Lipinski definition) is 1. The van der Waals surface area contributed by atoms with Gasteiger partial charge in [-0.05, 0) is 51.0 Å². The van der Waals surface area contributed by atoms with Crippen molar-refractivity contribution in [3.05, 3.63) is 42.0 Å². The molecule has 0 aliphatic heterocycles. The van der Waals surface area contributed by atoms with E-state index in [0.717, 1.165) is 13.1 Å². The highest BCUT2D eigenvalue weighted by molar-refractivity contribution is 5.85. The van der Waals surface area contributed by atoms with Crippen LogP contribution in [-0.2, 0) is 0 Å². The number of halogens is 2. The molecule has 140 valence electrons. The zero-order chi connectivity index (χ0) is 15.9. The lowest BCUT2D eigenvalue weighted by Crippen LogP contribution is -2.29. The molecule has 1 rings (SSSR count). The molecule has 0 atom stereocenters. The van der Waals surface area contributed by atoms with Crippen molar-refractivity contribution in [1.29, 1.82) is 0 Å². The van der Waals surface area contributed by atoms with Crippen molar-refractivity contribution < 1.29 is 0 Å². The summed E-state index contributed by atoms with van der Waals surface area (Å²) in [4.78, 5) is 2.63. The summed E-state index contributed by atoms with van der Waals surface area (Å²) in [6, 6.07) is 10.5. The summed E-state index contributed by atoms with van der Waals surface area (Å²) in [5, 5.41) is 3.51. The molecule has 0 spiro atoms. The Hall–Kier alpha value is -0.540. The number of hydrogen-bond acceptors (Lipinski definition) is 2. The number of benzene rings is 1. The largest absolute Gasteiger partial charge is 0.313 e. The van der Waals surface area contributed by atoms with Crippen LogP contribution in [0.25, 0.3) is 6.08 Å². The lowest BCUT2D eigenvalue weighted by Gasteiger charge is -2.21. The molecule has 0 bridgehead atoms. The van der Waals surface area contributed by atoms with Crippen LogP contribution in [0.2, 0.25) is 0 Å². The van der Waals surface area contributed by atoms with Crippen LogP contribution < -0.4 is 5.32 Å². The maximum absolute atomic E-state index is 3.51. The van der Waals surface area contributed by atoms with Crippen molar-refractivity contribution in [2.75, 3.05) is 32.7 Å². The van der Waals surface area contributed by atoms with E-state index in [1.165, 1.54) is 57.3 Å². The van der Waals surface area contributed by atoms with Gasteiger partial charge in [0, 0.05) is 6.54 Å². The van der Waals surface area contributed by atoms with Gasteiger partial charge in [0.1, 0.15) is 0 Å². The summed E-state index contributed by atoms with van der Waals surface area (Å²) in [6.07, 6.45) is 10.9. The van der Waals surface area contributed by atoms with Crippen LogP contribution in [0.5, 0.6) is 0 Å². The van der Waals surface area contributed by atoms with Crippen LogP contribution in [0.4, 0.5) is 0 Å². The Kier molecular flexibility index (Phi) is 20.1. The Morgan fingerprint density at radius 1 is 0.875 bits per heavy atom. The second-order valence-corrected chi connectivity index (χ2v) is 5.92. The molecule has 0 radical (unpaired) electrons. The fourth-order valence-corrected chi connectivity index (χ4v) is 2.47. The molecule has 0 saturated carbocycles. The van der Waals surface area contributed by atoms with Gasteiger partial charge in [-0.2, -0.15) is 0 Å². The zero-order valence-electron chi connectivity index (χ0n) is 15.4. The Morgan fingerprint density at radius 3 is 2.04 bits per heavy atom. The number of unbranched alkanes of at least 4 members (excludes halogenated alkanes) is 2. The van der Waals surface area contributed by atoms with Crippen LogP contribution in [0.3, 0.4) is 0 Å². The molecule has 4 heteroatoms. The van der Waals surface area contributed by atoms with E-state index in [1.807, 2.05) is 0 Å². The molecule has 0 aliphatic rings. The van der Waals surface area contributed by atoms with E-state index < -0.39 is 0 Å².